The molecule has 1 unspecified atom stereocenters. The summed E-state index contributed by atoms with van der Waals surface area (Å²) in [5.74, 6) is -0.339. The normalized spacial score (nSPS) is 17.0. The Morgan fingerprint density at radius 2 is 1.57 bits per heavy atom. The Hall–Kier alpha value is -4.06. The number of carbonyl (C=O) groups excluding carboxylic acids is 2. The highest BCUT2D eigenvalue weighted by atomic mass is 16.5. The number of nitrogens with zero attached hydrogens (tertiary/aromatic N) is 1. The minimum atomic E-state index is -0.826. The van der Waals surface area contributed by atoms with E-state index in [1.54, 1.807) is 30.3 Å². The molecule has 0 spiro atoms. The van der Waals surface area contributed by atoms with Gasteiger partial charge in [0.05, 0.1) is 24.8 Å². The minimum Gasteiger partial charge on any atom is -0.507 e. The van der Waals surface area contributed by atoms with Crippen molar-refractivity contribution in [3.8, 4) is 11.5 Å². The van der Waals surface area contributed by atoms with Gasteiger partial charge in [-0.1, -0.05) is 29.8 Å². The van der Waals surface area contributed by atoms with Crippen molar-refractivity contribution in [2.75, 3.05) is 18.1 Å². The molecule has 0 radical (unpaired) electrons. The van der Waals surface area contributed by atoms with Crippen molar-refractivity contribution in [3.63, 3.8) is 0 Å². The zero-order valence-corrected chi connectivity index (χ0v) is 20.4. The van der Waals surface area contributed by atoms with Crippen LogP contribution < -0.4 is 14.4 Å². The molecule has 1 saturated heterocycles. The first kappa shape index (κ1) is 24.1. The zero-order valence-electron chi connectivity index (χ0n) is 20.4. The molecule has 6 nitrogen and oxygen atoms in total. The smallest absolute Gasteiger partial charge is 0.300 e. The summed E-state index contributed by atoms with van der Waals surface area (Å²) in [4.78, 5) is 28.2. The number of aliphatic hydroxyl groups is 1. The van der Waals surface area contributed by atoms with E-state index < -0.39 is 17.7 Å². The number of anilines is 1. The van der Waals surface area contributed by atoms with Gasteiger partial charge in [0.1, 0.15) is 17.3 Å². The van der Waals surface area contributed by atoms with E-state index in [2.05, 4.69) is 0 Å². The fourth-order valence-corrected chi connectivity index (χ4v) is 4.36. The Morgan fingerprint density at radius 3 is 2.26 bits per heavy atom. The third kappa shape index (κ3) is 4.64. The van der Waals surface area contributed by atoms with Crippen molar-refractivity contribution >= 4 is 23.1 Å². The molecule has 3 aromatic rings. The molecule has 1 amide bonds. The van der Waals surface area contributed by atoms with Gasteiger partial charge >= 0.3 is 0 Å². The molecule has 1 atom stereocenters. The van der Waals surface area contributed by atoms with E-state index in [-0.39, 0.29) is 11.3 Å². The SMILES string of the molecule is CCOc1ccc(N2C(=O)C(=O)/C(=C(/O)c3cc(C)ccc3C)C2c2cccc(OCC)c2)cc1. The standard InChI is InChI=1S/C29H29NO5/c1-5-34-22-14-12-21(13-15-22)30-26(20-8-7-9-23(17-20)35-6-2)25(28(32)29(30)33)27(31)24-16-18(3)10-11-19(24)4/h7-17,26,31H,5-6H2,1-4H3/b27-25+. The maximum Gasteiger partial charge on any atom is 0.300 e. The summed E-state index contributed by atoms with van der Waals surface area (Å²) in [6, 6.07) is 19.1. The summed E-state index contributed by atoms with van der Waals surface area (Å²) in [6.07, 6.45) is 0. The summed E-state index contributed by atoms with van der Waals surface area (Å²) in [5, 5.41) is 11.4. The Balaban J connectivity index is 1.93. The van der Waals surface area contributed by atoms with E-state index in [4.69, 9.17) is 9.47 Å². The molecule has 0 aromatic heterocycles. The first-order chi connectivity index (χ1) is 16.8. The monoisotopic (exact) mass is 471 g/mol. The van der Waals surface area contributed by atoms with Crippen LogP contribution in [-0.4, -0.2) is 30.0 Å². The molecule has 0 saturated carbocycles. The second kappa shape index (κ2) is 10.1. The molecule has 1 heterocycles. The van der Waals surface area contributed by atoms with Crippen molar-refractivity contribution in [1.29, 1.82) is 0 Å². The fourth-order valence-electron chi connectivity index (χ4n) is 4.36. The summed E-state index contributed by atoms with van der Waals surface area (Å²) >= 11 is 0. The highest BCUT2D eigenvalue weighted by Crippen LogP contribution is 2.43. The van der Waals surface area contributed by atoms with Crippen LogP contribution in [0.5, 0.6) is 11.5 Å². The van der Waals surface area contributed by atoms with Gasteiger partial charge in [-0.15, -0.1) is 0 Å². The van der Waals surface area contributed by atoms with E-state index in [0.29, 0.717) is 41.5 Å². The average molecular weight is 472 g/mol. The second-order valence-electron chi connectivity index (χ2n) is 8.42. The number of ketones is 1. The van der Waals surface area contributed by atoms with E-state index in [0.717, 1.165) is 11.1 Å². The number of hydrogen-bond acceptors (Lipinski definition) is 5. The van der Waals surface area contributed by atoms with Crippen LogP contribution in [0.1, 0.15) is 42.1 Å². The molecular weight excluding hydrogens is 442 g/mol. The number of ether oxygens (including phenoxy) is 2. The number of hydrogen-bond donors (Lipinski definition) is 1. The first-order valence-corrected chi connectivity index (χ1v) is 11.7. The van der Waals surface area contributed by atoms with E-state index in [9.17, 15) is 14.7 Å². The molecule has 4 rings (SSSR count). The molecule has 1 N–H and O–H groups in total. The lowest BCUT2D eigenvalue weighted by Gasteiger charge is -2.26. The summed E-state index contributed by atoms with van der Waals surface area (Å²) in [5.41, 5.74) is 3.51. The molecule has 0 aliphatic carbocycles. The number of rotatable bonds is 7. The number of aryl methyl sites for hydroxylation is 2. The first-order valence-electron chi connectivity index (χ1n) is 11.7. The van der Waals surface area contributed by atoms with Crippen LogP contribution in [-0.2, 0) is 9.59 Å². The third-order valence-corrected chi connectivity index (χ3v) is 6.00. The van der Waals surface area contributed by atoms with E-state index >= 15 is 0 Å². The second-order valence-corrected chi connectivity index (χ2v) is 8.42. The van der Waals surface area contributed by atoms with Crippen LogP contribution >= 0.6 is 0 Å². The van der Waals surface area contributed by atoms with Crippen LogP contribution in [0.3, 0.4) is 0 Å². The Kier molecular flexibility index (Phi) is 6.92. The molecule has 1 aliphatic heterocycles. The van der Waals surface area contributed by atoms with Crippen molar-refractivity contribution in [3.05, 3.63) is 94.6 Å². The summed E-state index contributed by atoms with van der Waals surface area (Å²) in [7, 11) is 0. The zero-order chi connectivity index (χ0) is 25.1. The predicted molar refractivity (Wildman–Crippen MR) is 136 cm³/mol. The Bertz CT molecular complexity index is 1290. The van der Waals surface area contributed by atoms with Gasteiger partial charge in [0, 0.05) is 11.3 Å². The van der Waals surface area contributed by atoms with Gasteiger partial charge in [-0.05, 0) is 81.3 Å². The van der Waals surface area contributed by atoms with Crippen molar-refractivity contribution in [2.45, 2.75) is 33.7 Å². The largest absolute Gasteiger partial charge is 0.507 e. The van der Waals surface area contributed by atoms with Gasteiger partial charge in [0.2, 0.25) is 0 Å². The lowest BCUT2D eigenvalue weighted by molar-refractivity contribution is -0.132. The number of benzene rings is 3. The fraction of sp³-hybridized carbons (Fsp3) is 0.241. The molecular formula is C29H29NO5. The van der Waals surface area contributed by atoms with Crippen molar-refractivity contribution < 1.29 is 24.2 Å². The lowest BCUT2D eigenvalue weighted by Crippen LogP contribution is -2.29. The van der Waals surface area contributed by atoms with Gasteiger partial charge < -0.3 is 14.6 Å². The van der Waals surface area contributed by atoms with Gasteiger partial charge in [0.15, 0.2) is 0 Å². The Labute approximate surface area is 205 Å². The molecule has 1 aliphatic rings. The molecule has 35 heavy (non-hydrogen) atoms. The van der Waals surface area contributed by atoms with Crippen LogP contribution in [0.4, 0.5) is 5.69 Å². The van der Waals surface area contributed by atoms with Crippen LogP contribution in [0.15, 0.2) is 72.3 Å². The lowest BCUT2D eigenvalue weighted by atomic mass is 9.93. The number of Topliss-reactive ketones (excluding diaryl/α,β-unsaturated/α-hetero) is 1. The molecule has 180 valence electrons. The van der Waals surface area contributed by atoms with Gasteiger partial charge in [-0.2, -0.15) is 0 Å². The maximum absolute atomic E-state index is 13.4. The van der Waals surface area contributed by atoms with E-state index in [1.165, 1.54) is 4.90 Å². The number of amides is 1. The number of carbonyl (C=O) groups is 2. The van der Waals surface area contributed by atoms with E-state index in [1.807, 2.05) is 64.1 Å². The number of aliphatic hydroxyl groups excluding tert-OH is 1. The van der Waals surface area contributed by atoms with Crippen molar-refractivity contribution in [1.82, 2.24) is 0 Å². The van der Waals surface area contributed by atoms with Crippen LogP contribution in [0.2, 0.25) is 0 Å². The van der Waals surface area contributed by atoms with Crippen LogP contribution in [0.25, 0.3) is 5.76 Å². The maximum atomic E-state index is 13.4. The highest BCUT2D eigenvalue weighted by molar-refractivity contribution is 6.51. The molecule has 3 aromatic carbocycles. The van der Waals surface area contributed by atoms with Crippen molar-refractivity contribution in [2.24, 2.45) is 0 Å². The summed E-state index contributed by atoms with van der Waals surface area (Å²) in [6.45, 7) is 8.55. The minimum absolute atomic E-state index is 0.0474. The van der Waals surface area contributed by atoms with Crippen LogP contribution in [0, 0.1) is 13.8 Å². The third-order valence-electron chi connectivity index (χ3n) is 6.00. The van der Waals surface area contributed by atoms with Gasteiger partial charge in [-0.3, -0.25) is 14.5 Å². The topological polar surface area (TPSA) is 76.1 Å². The Morgan fingerprint density at radius 1 is 0.886 bits per heavy atom. The highest BCUT2D eigenvalue weighted by Gasteiger charge is 2.47. The quantitative estimate of drug-likeness (QED) is 0.271. The average Bonchev–Trinajstić information content (AvgIpc) is 3.12. The predicted octanol–water partition coefficient (Wildman–Crippen LogP) is 5.73. The molecule has 1 fully saturated rings. The molecule has 0 bridgehead atoms. The summed E-state index contributed by atoms with van der Waals surface area (Å²) < 4.78 is 11.2. The van der Waals surface area contributed by atoms with Gasteiger partial charge in [-0.25, -0.2) is 0 Å². The van der Waals surface area contributed by atoms with Gasteiger partial charge in [0.25, 0.3) is 11.7 Å². The molecule has 6 heteroatoms.